The molecule has 5 nitrogen and oxygen atoms in total. The summed E-state index contributed by atoms with van der Waals surface area (Å²) in [5.74, 6) is 3.33. The topological polar surface area (TPSA) is 78.6 Å². The maximum atomic E-state index is 11.0. The van der Waals surface area contributed by atoms with E-state index in [4.69, 9.17) is 10.5 Å². The van der Waals surface area contributed by atoms with Crippen molar-refractivity contribution < 1.29 is 19.1 Å². The standard InChI is InChI=1S/C10H15NO4/c1-10(2,3)15-8(12)5-4-6-14-9(13)7-11/h6-7,11H2,1-3H3. The molecule has 0 bridgehead atoms. The molecule has 0 radical (unpaired) electrons. The van der Waals surface area contributed by atoms with E-state index in [1.54, 1.807) is 20.8 Å². The molecule has 2 N–H and O–H groups in total. The predicted molar refractivity (Wildman–Crippen MR) is 53.6 cm³/mol. The molecule has 0 fully saturated rings. The lowest BCUT2D eigenvalue weighted by Gasteiger charge is -2.16. The summed E-state index contributed by atoms with van der Waals surface area (Å²) in [6, 6.07) is 0. The Balaban J connectivity index is 3.88. The minimum atomic E-state index is -0.647. The van der Waals surface area contributed by atoms with Crippen LogP contribution in [-0.4, -0.2) is 30.7 Å². The number of ether oxygens (including phenoxy) is 2. The lowest BCUT2D eigenvalue weighted by molar-refractivity contribution is -0.147. The van der Waals surface area contributed by atoms with Gasteiger partial charge in [-0.15, -0.1) is 0 Å². The van der Waals surface area contributed by atoms with Gasteiger partial charge in [0.15, 0.2) is 6.61 Å². The zero-order valence-corrected chi connectivity index (χ0v) is 9.12. The molecule has 0 spiro atoms. The van der Waals surface area contributed by atoms with Crippen LogP contribution in [0.3, 0.4) is 0 Å². The van der Waals surface area contributed by atoms with Crippen molar-refractivity contribution in [2.24, 2.45) is 5.73 Å². The highest BCUT2D eigenvalue weighted by Gasteiger charge is 2.13. The molecule has 84 valence electrons. The van der Waals surface area contributed by atoms with Crippen molar-refractivity contribution in [1.82, 2.24) is 0 Å². The molecular formula is C10H15NO4. The third-order valence-corrected chi connectivity index (χ3v) is 1.06. The first kappa shape index (κ1) is 13.5. The molecule has 0 heterocycles. The second-order valence-electron chi connectivity index (χ2n) is 3.67. The van der Waals surface area contributed by atoms with Gasteiger partial charge in [0.25, 0.3) is 0 Å². The van der Waals surface area contributed by atoms with Crippen molar-refractivity contribution in [3.8, 4) is 11.8 Å². The van der Waals surface area contributed by atoms with Gasteiger partial charge in [-0.3, -0.25) is 4.79 Å². The average molecular weight is 213 g/mol. The number of hydrogen-bond donors (Lipinski definition) is 1. The normalized spacial score (nSPS) is 9.87. The summed E-state index contributed by atoms with van der Waals surface area (Å²) >= 11 is 0. The van der Waals surface area contributed by atoms with Crippen LogP contribution in [0.2, 0.25) is 0 Å². The van der Waals surface area contributed by atoms with Crippen LogP contribution >= 0.6 is 0 Å². The van der Waals surface area contributed by atoms with Crippen molar-refractivity contribution >= 4 is 11.9 Å². The summed E-state index contributed by atoms with van der Waals surface area (Å²) in [5.41, 5.74) is 4.41. The van der Waals surface area contributed by atoms with Crippen LogP contribution in [0, 0.1) is 11.8 Å². The Labute approximate surface area is 88.9 Å². The number of esters is 2. The van der Waals surface area contributed by atoms with Crippen LogP contribution in [0.4, 0.5) is 0 Å². The van der Waals surface area contributed by atoms with E-state index < -0.39 is 17.5 Å². The summed E-state index contributed by atoms with van der Waals surface area (Å²) in [6.45, 7) is 4.85. The molecule has 0 aromatic carbocycles. The Bertz CT molecular complexity index is 293. The van der Waals surface area contributed by atoms with E-state index in [9.17, 15) is 9.59 Å². The largest absolute Gasteiger partial charge is 0.452 e. The zero-order chi connectivity index (χ0) is 11.9. The van der Waals surface area contributed by atoms with Gasteiger partial charge < -0.3 is 15.2 Å². The zero-order valence-electron chi connectivity index (χ0n) is 9.12. The second kappa shape index (κ2) is 6.04. The van der Waals surface area contributed by atoms with Crippen LogP contribution in [0.15, 0.2) is 0 Å². The fraction of sp³-hybridized carbons (Fsp3) is 0.600. The fourth-order valence-electron chi connectivity index (χ4n) is 0.587. The minimum absolute atomic E-state index is 0.157. The average Bonchev–Trinajstić information content (AvgIpc) is 2.09. The summed E-state index contributed by atoms with van der Waals surface area (Å²) in [7, 11) is 0. The first-order valence-corrected chi connectivity index (χ1v) is 4.42. The smallest absolute Gasteiger partial charge is 0.384 e. The quantitative estimate of drug-likeness (QED) is 0.391. The van der Waals surface area contributed by atoms with E-state index >= 15 is 0 Å². The molecule has 0 aromatic heterocycles. The number of carbonyl (C=O) groups is 2. The first-order chi connectivity index (χ1) is 6.85. The third kappa shape index (κ3) is 8.78. The number of hydrogen-bond acceptors (Lipinski definition) is 5. The molecular weight excluding hydrogens is 198 g/mol. The lowest BCUT2D eigenvalue weighted by atomic mass is 10.2. The van der Waals surface area contributed by atoms with Gasteiger partial charge in [0, 0.05) is 5.92 Å². The van der Waals surface area contributed by atoms with E-state index in [-0.39, 0.29) is 13.2 Å². The molecule has 0 saturated heterocycles. The van der Waals surface area contributed by atoms with Gasteiger partial charge >= 0.3 is 11.9 Å². The van der Waals surface area contributed by atoms with Crippen molar-refractivity contribution in [2.45, 2.75) is 26.4 Å². The maximum absolute atomic E-state index is 11.0. The summed E-state index contributed by atoms with van der Waals surface area (Å²) < 4.78 is 9.42. The van der Waals surface area contributed by atoms with Crippen LogP contribution < -0.4 is 5.73 Å². The molecule has 15 heavy (non-hydrogen) atoms. The van der Waals surface area contributed by atoms with E-state index in [1.807, 2.05) is 0 Å². The molecule has 0 unspecified atom stereocenters. The third-order valence-electron chi connectivity index (χ3n) is 1.06. The highest BCUT2D eigenvalue weighted by atomic mass is 16.6. The SMILES string of the molecule is CC(C)(C)OC(=O)C#CCOC(=O)CN. The number of nitrogens with two attached hydrogens (primary N) is 1. The highest BCUT2D eigenvalue weighted by molar-refractivity contribution is 5.88. The molecule has 0 rings (SSSR count). The highest BCUT2D eigenvalue weighted by Crippen LogP contribution is 2.05. The molecule has 0 aromatic rings. The Hall–Kier alpha value is -1.54. The lowest BCUT2D eigenvalue weighted by Crippen LogP contribution is -2.23. The maximum Gasteiger partial charge on any atom is 0.384 e. The Morgan fingerprint density at radius 2 is 1.93 bits per heavy atom. The Morgan fingerprint density at radius 1 is 1.33 bits per heavy atom. The van der Waals surface area contributed by atoms with Crippen molar-refractivity contribution in [1.29, 1.82) is 0 Å². The van der Waals surface area contributed by atoms with Crippen LogP contribution in [0.5, 0.6) is 0 Å². The van der Waals surface area contributed by atoms with Gasteiger partial charge in [0.05, 0.1) is 6.54 Å². The van der Waals surface area contributed by atoms with E-state index in [0.29, 0.717) is 0 Å². The molecule has 5 heteroatoms. The molecule has 0 aliphatic rings. The van der Waals surface area contributed by atoms with Gasteiger partial charge in [-0.2, -0.15) is 0 Å². The van der Waals surface area contributed by atoms with E-state index in [2.05, 4.69) is 16.6 Å². The molecule has 0 saturated carbocycles. The van der Waals surface area contributed by atoms with Crippen LogP contribution in [0.1, 0.15) is 20.8 Å². The molecule has 0 aliphatic carbocycles. The summed E-state index contributed by atoms with van der Waals surface area (Å²) in [6.07, 6.45) is 0. The van der Waals surface area contributed by atoms with E-state index in [0.717, 1.165) is 0 Å². The predicted octanol–water partition coefficient (Wildman–Crippen LogP) is -0.167. The summed E-state index contributed by atoms with van der Waals surface area (Å²) in [4.78, 5) is 21.6. The van der Waals surface area contributed by atoms with Crippen LogP contribution in [-0.2, 0) is 19.1 Å². The van der Waals surface area contributed by atoms with Crippen LogP contribution in [0.25, 0.3) is 0 Å². The number of carbonyl (C=O) groups excluding carboxylic acids is 2. The molecule has 0 amide bonds. The first-order valence-electron chi connectivity index (χ1n) is 4.42. The van der Waals surface area contributed by atoms with E-state index in [1.165, 1.54) is 0 Å². The Kier molecular flexibility index (Phi) is 5.42. The monoisotopic (exact) mass is 213 g/mol. The Morgan fingerprint density at radius 3 is 2.40 bits per heavy atom. The van der Waals surface area contributed by atoms with Gasteiger partial charge in [-0.25, -0.2) is 4.79 Å². The summed E-state index contributed by atoms with van der Waals surface area (Å²) in [5, 5.41) is 0. The van der Waals surface area contributed by atoms with Crippen molar-refractivity contribution in [3.05, 3.63) is 0 Å². The number of rotatable bonds is 2. The molecule has 0 aliphatic heterocycles. The second-order valence-corrected chi connectivity index (χ2v) is 3.67. The van der Waals surface area contributed by atoms with Gasteiger partial charge in [0.1, 0.15) is 5.60 Å². The minimum Gasteiger partial charge on any atom is -0.452 e. The van der Waals surface area contributed by atoms with Gasteiger partial charge in [-0.1, -0.05) is 0 Å². The van der Waals surface area contributed by atoms with Gasteiger partial charge in [-0.05, 0) is 26.7 Å². The van der Waals surface area contributed by atoms with Crippen molar-refractivity contribution in [3.63, 3.8) is 0 Å². The van der Waals surface area contributed by atoms with Crippen molar-refractivity contribution in [2.75, 3.05) is 13.2 Å². The van der Waals surface area contributed by atoms with Gasteiger partial charge in [0.2, 0.25) is 0 Å². The fourth-order valence-corrected chi connectivity index (χ4v) is 0.587. The molecule has 0 atom stereocenters.